The zero-order chi connectivity index (χ0) is 19.5. The number of benzene rings is 1. The second kappa shape index (κ2) is 7.51. The quantitative estimate of drug-likeness (QED) is 0.555. The van der Waals surface area contributed by atoms with Crippen LogP contribution in [0.2, 0.25) is 0 Å². The van der Waals surface area contributed by atoms with E-state index in [1.54, 1.807) is 17.1 Å². The maximum atomic E-state index is 12.4. The Hall–Kier alpha value is -3.68. The molecule has 0 aliphatic carbocycles. The van der Waals surface area contributed by atoms with Crippen LogP contribution in [0.4, 0.5) is 0 Å². The molecule has 1 amide bonds. The topological polar surface area (TPSA) is 95.1 Å². The van der Waals surface area contributed by atoms with Crippen molar-refractivity contribution in [2.45, 2.75) is 19.6 Å². The Morgan fingerprint density at radius 2 is 2.18 bits per heavy atom. The molecule has 0 fully saturated rings. The van der Waals surface area contributed by atoms with Crippen molar-refractivity contribution >= 4 is 16.8 Å². The molecule has 0 saturated heterocycles. The largest absolute Gasteiger partial charge is 0.482 e. The average molecular weight is 377 g/mol. The summed E-state index contributed by atoms with van der Waals surface area (Å²) in [6, 6.07) is 9.34. The van der Waals surface area contributed by atoms with Gasteiger partial charge in [0.2, 0.25) is 5.89 Å². The summed E-state index contributed by atoms with van der Waals surface area (Å²) in [6.07, 6.45) is 6.61. The lowest BCUT2D eigenvalue weighted by Gasteiger charge is -2.10. The van der Waals surface area contributed by atoms with E-state index in [1.165, 1.54) is 6.26 Å². The number of nitrogens with one attached hydrogen (secondary N) is 1. The fourth-order valence-electron chi connectivity index (χ4n) is 2.83. The highest BCUT2D eigenvalue weighted by Gasteiger charge is 2.17. The molecule has 0 spiro atoms. The highest BCUT2D eigenvalue weighted by molar-refractivity contribution is 5.92. The van der Waals surface area contributed by atoms with Gasteiger partial charge in [-0.15, -0.1) is 0 Å². The maximum Gasteiger partial charge on any atom is 0.273 e. The normalized spacial score (nSPS) is 12.1. The van der Waals surface area contributed by atoms with Crippen molar-refractivity contribution in [1.29, 1.82) is 0 Å². The van der Waals surface area contributed by atoms with Gasteiger partial charge in [0.25, 0.3) is 5.91 Å². The monoisotopic (exact) mass is 377 g/mol. The first-order chi connectivity index (χ1) is 13.6. The Labute approximate surface area is 161 Å². The Morgan fingerprint density at radius 1 is 1.32 bits per heavy atom. The van der Waals surface area contributed by atoms with Crippen LogP contribution in [0.3, 0.4) is 0 Å². The Bertz CT molecular complexity index is 1110. The number of carbonyl (C=O) groups is 1. The Kier molecular flexibility index (Phi) is 4.76. The molecule has 0 unspecified atom stereocenters. The number of para-hydroxylation sites is 1. The fraction of sp³-hybridized carbons (Fsp3) is 0.200. The second-order valence-corrected chi connectivity index (χ2v) is 6.39. The van der Waals surface area contributed by atoms with Crippen molar-refractivity contribution in [2.75, 3.05) is 0 Å². The fourth-order valence-corrected chi connectivity index (χ4v) is 2.83. The summed E-state index contributed by atoms with van der Waals surface area (Å²) >= 11 is 0. The summed E-state index contributed by atoms with van der Waals surface area (Å²) in [4.78, 5) is 20.9. The molecule has 0 radical (unpaired) electrons. The van der Waals surface area contributed by atoms with Crippen molar-refractivity contribution in [3.05, 3.63) is 72.3 Å². The van der Waals surface area contributed by atoms with Gasteiger partial charge in [-0.25, -0.2) is 4.98 Å². The van der Waals surface area contributed by atoms with Gasteiger partial charge in [0, 0.05) is 30.4 Å². The predicted octanol–water partition coefficient (Wildman–Crippen LogP) is 3.03. The van der Waals surface area contributed by atoms with Crippen LogP contribution >= 0.6 is 0 Å². The van der Waals surface area contributed by atoms with E-state index in [0.29, 0.717) is 11.6 Å². The van der Waals surface area contributed by atoms with E-state index in [2.05, 4.69) is 20.4 Å². The van der Waals surface area contributed by atoms with Crippen molar-refractivity contribution < 1.29 is 13.9 Å². The van der Waals surface area contributed by atoms with Crippen LogP contribution in [0.5, 0.6) is 5.75 Å². The van der Waals surface area contributed by atoms with Gasteiger partial charge in [-0.3, -0.25) is 14.5 Å². The van der Waals surface area contributed by atoms with Gasteiger partial charge in [0.15, 0.2) is 12.3 Å². The van der Waals surface area contributed by atoms with Gasteiger partial charge in [0.1, 0.15) is 17.5 Å². The molecule has 28 heavy (non-hydrogen) atoms. The molecule has 0 aliphatic rings. The van der Waals surface area contributed by atoms with Crippen molar-refractivity contribution in [3.63, 3.8) is 0 Å². The number of pyridine rings is 1. The molecular weight excluding hydrogens is 358 g/mol. The minimum absolute atomic E-state index is 0.0983. The van der Waals surface area contributed by atoms with E-state index in [9.17, 15) is 4.79 Å². The highest BCUT2D eigenvalue weighted by atomic mass is 16.5. The zero-order valence-electron chi connectivity index (χ0n) is 15.5. The van der Waals surface area contributed by atoms with Gasteiger partial charge < -0.3 is 14.5 Å². The molecule has 0 aliphatic heterocycles. The number of nitrogens with zero attached hydrogens (tertiary/aromatic N) is 4. The number of carbonyl (C=O) groups excluding carboxylic acids is 1. The van der Waals surface area contributed by atoms with Crippen LogP contribution in [0.15, 0.2) is 59.6 Å². The number of hydrogen-bond acceptors (Lipinski definition) is 6. The lowest BCUT2D eigenvalue weighted by atomic mass is 10.2. The van der Waals surface area contributed by atoms with E-state index in [4.69, 9.17) is 9.15 Å². The lowest BCUT2D eigenvalue weighted by molar-refractivity contribution is 0.0934. The number of hydrogen-bond donors (Lipinski definition) is 1. The lowest BCUT2D eigenvalue weighted by Crippen LogP contribution is -2.26. The number of fused-ring (bicyclic) bond motifs is 1. The number of oxazole rings is 1. The average Bonchev–Trinajstić information content (AvgIpc) is 3.35. The van der Waals surface area contributed by atoms with Crippen LogP contribution in [0, 0.1) is 0 Å². The van der Waals surface area contributed by atoms with Crippen molar-refractivity contribution in [2.24, 2.45) is 7.05 Å². The van der Waals surface area contributed by atoms with Crippen LogP contribution < -0.4 is 10.1 Å². The molecule has 0 bridgehead atoms. The minimum atomic E-state index is -0.321. The predicted molar refractivity (Wildman–Crippen MR) is 102 cm³/mol. The third kappa shape index (κ3) is 3.71. The molecule has 0 saturated carbocycles. The highest BCUT2D eigenvalue weighted by Crippen LogP contribution is 2.23. The van der Waals surface area contributed by atoms with Crippen molar-refractivity contribution in [1.82, 2.24) is 25.1 Å². The zero-order valence-corrected chi connectivity index (χ0v) is 15.5. The first-order valence-electron chi connectivity index (χ1n) is 8.80. The third-order valence-electron chi connectivity index (χ3n) is 4.30. The van der Waals surface area contributed by atoms with Crippen molar-refractivity contribution in [3.8, 4) is 5.75 Å². The SMILES string of the molecule is C[C@@H](NC(=O)c1coc(COc2cccc3cccnc23)n1)c1cnn(C)c1. The number of rotatable bonds is 6. The van der Waals surface area contributed by atoms with Gasteiger partial charge in [-0.2, -0.15) is 5.10 Å². The van der Waals surface area contributed by atoms with E-state index in [1.807, 2.05) is 50.5 Å². The smallest absolute Gasteiger partial charge is 0.273 e. The molecule has 1 atom stereocenters. The molecule has 3 heterocycles. The van der Waals surface area contributed by atoms with E-state index in [-0.39, 0.29) is 24.2 Å². The summed E-state index contributed by atoms with van der Waals surface area (Å²) in [6.45, 7) is 1.98. The van der Waals surface area contributed by atoms with E-state index in [0.717, 1.165) is 16.5 Å². The van der Waals surface area contributed by atoms with E-state index < -0.39 is 0 Å². The summed E-state index contributed by atoms with van der Waals surface area (Å²) in [5.74, 6) is 0.623. The van der Waals surface area contributed by atoms with Gasteiger partial charge in [-0.05, 0) is 19.1 Å². The van der Waals surface area contributed by atoms with Gasteiger partial charge in [-0.1, -0.05) is 18.2 Å². The third-order valence-corrected chi connectivity index (χ3v) is 4.30. The maximum absolute atomic E-state index is 12.4. The van der Waals surface area contributed by atoms with Gasteiger partial charge >= 0.3 is 0 Å². The van der Waals surface area contributed by atoms with Gasteiger partial charge in [0.05, 0.1) is 12.2 Å². The number of ether oxygens (including phenoxy) is 1. The second-order valence-electron chi connectivity index (χ2n) is 6.39. The summed E-state index contributed by atoms with van der Waals surface area (Å²) in [7, 11) is 1.83. The first-order valence-corrected chi connectivity index (χ1v) is 8.80. The van der Waals surface area contributed by atoms with Crippen LogP contribution in [-0.4, -0.2) is 25.7 Å². The van der Waals surface area contributed by atoms with Crippen LogP contribution in [0.1, 0.15) is 34.9 Å². The standard InChI is InChI=1S/C20H19N5O3/c1-13(15-9-22-25(2)10-15)23-20(26)16-11-28-18(24-16)12-27-17-7-3-5-14-6-4-8-21-19(14)17/h3-11,13H,12H2,1-2H3,(H,23,26)/t13-/m1/s1. The van der Waals surface area contributed by atoms with E-state index >= 15 is 0 Å². The number of aryl methyl sites for hydroxylation is 1. The Balaban J connectivity index is 1.40. The molecule has 4 rings (SSSR count). The molecule has 8 nitrogen and oxygen atoms in total. The Morgan fingerprint density at radius 3 is 3.00 bits per heavy atom. The van der Waals surface area contributed by atoms with Crippen LogP contribution in [0.25, 0.3) is 10.9 Å². The number of amides is 1. The molecule has 142 valence electrons. The molecule has 1 aromatic carbocycles. The van der Waals surface area contributed by atoms with Crippen LogP contribution in [-0.2, 0) is 13.7 Å². The summed E-state index contributed by atoms with van der Waals surface area (Å²) in [5, 5.41) is 7.96. The minimum Gasteiger partial charge on any atom is -0.482 e. The molecule has 8 heteroatoms. The molecule has 3 aromatic heterocycles. The summed E-state index contributed by atoms with van der Waals surface area (Å²) < 4.78 is 12.9. The first kappa shape index (κ1) is 17.7. The molecule has 4 aromatic rings. The summed E-state index contributed by atoms with van der Waals surface area (Å²) in [5.41, 5.74) is 1.87. The molecule has 1 N–H and O–H groups in total. The molecular formula is C20H19N5O3. The number of aromatic nitrogens is 4.